The molecular weight excluding hydrogens is 516 g/mol. The largest absolute Gasteiger partial charge is 0.466 e. The molecule has 0 aliphatic carbocycles. The van der Waals surface area contributed by atoms with Gasteiger partial charge in [0.05, 0.1) is 37.0 Å². The van der Waals surface area contributed by atoms with Gasteiger partial charge in [0, 0.05) is 25.8 Å². The van der Waals surface area contributed by atoms with Crippen molar-refractivity contribution in [1.82, 2.24) is 15.5 Å². The van der Waals surface area contributed by atoms with Gasteiger partial charge in [0.2, 0.25) is 17.7 Å². The van der Waals surface area contributed by atoms with Crippen molar-refractivity contribution in [2.75, 3.05) is 19.8 Å². The number of carbonyl (C=O) groups excluding carboxylic acids is 4. The van der Waals surface area contributed by atoms with Crippen LogP contribution in [-0.2, 0) is 23.9 Å². The Kier molecular flexibility index (Phi) is 12.5. The van der Waals surface area contributed by atoms with E-state index in [9.17, 15) is 29.4 Å². The fourth-order valence-corrected chi connectivity index (χ4v) is 4.61. The second-order valence-corrected chi connectivity index (χ2v) is 11.1. The lowest BCUT2D eigenvalue weighted by molar-refractivity contribution is -0.144. The normalized spacial score (nSPS) is 18.4. The molecular formula is C29H42N4O7. The summed E-state index contributed by atoms with van der Waals surface area (Å²) in [6.07, 6.45) is 1.38. The van der Waals surface area contributed by atoms with Crippen LogP contribution in [0.2, 0.25) is 0 Å². The molecule has 0 spiro atoms. The predicted octanol–water partition coefficient (Wildman–Crippen LogP) is 1.71. The van der Waals surface area contributed by atoms with Crippen molar-refractivity contribution in [2.45, 2.75) is 90.4 Å². The Morgan fingerprint density at radius 1 is 1.10 bits per heavy atom. The number of aliphatic hydroxyl groups excluding tert-OH is 2. The minimum absolute atomic E-state index is 0.0222. The van der Waals surface area contributed by atoms with E-state index >= 15 is 0 Å². The minimum Gasteiger partial charge on any atom is -0.466 e. The van der Waals surface area contributed by atoms with Crippen LogP contribution in [-0.4, -0.2) is 76.7 Å². The number of unbranched alkanes of at least 4 members (excludes halogenated alkanes) is 2. The maximum atomic E-state index is 13.7. The number of amides is 3. The summed E-state index contributed by atoms with van der Waals surface area (Å²) in [7, 11) is 0. The Balaban J connectivity index is 2.05. The van der Waals surface area contributed by atoms with Crippen molar-refractivity contribution in [3.63, 3.8) is 0 Å². The van der Waals surface area contributed by atoms with Gasteiger partial charge in [-0.2, -0.15) is 5.26 Å². The zero-order valence-electron chi connectivity index (χ0n) is 23.8. The van der Waals surface area contributed by atoms with E-state index in [-0.39, 0.29) is 31.3 Å². The van der Waals surface area contributed by atoms with E-state index in [0.717, 1.165) is 0 Å². The number of likely N-dealkylation sites (tertiary alicyclic amines) is 1. The van der Waals surface area contributed by atoms with Crippen molar-refractivity contribution < 1.29 is 34.1 Å². The van der Waals surface area contributed by atoms with E-state index in [1.807, 2.05) is 26.8 Å². The van der Waals surface area contributed by atoms with E-state index in [2.05, 4.69) is 10.6 Å². The first-order valence-corrected chi connectivity index (χ1v) is 13.8. The van der Waals surface area contributed by atoms with Crippen molar-refractivity contribution in [3.05, 3.63) is 35.4 Å². The molecule has 1 aromatic rings. The van der Waals surface area contributed by atoms with Crippen LogP contribution in [0.1, 0.15) is 83.4 Å². The van der Waals surface area contributed by atoms with Gasteiger partial charge in [-0.1, -0.05) is 39.3 Å². The van der Waals surface area contributed by atoms with Gasteiger partial charge in [-0.05, 0) is 42.9 Å². The predicted molar refractivity (Wildman–Crippen MR) is 146 cm³/mol. The molecule has 11 nitrogen and oxygen atoms in total. The van der Waals surface area contributed by atoms with E-state index in [1.165, 1.54) is 4.90 Å². The van der Waals surface area contributed by atoms with Crippen molar-refractivity contribution in [3.8, 4) is 6.07 Å². The molecule has 4 N–H and O–H groups in total. The summed E-state index contributed by atoms with van der Waals surface area (Å²) in [6.45, 7) is 7.04. The highest BCUT2D eigenvalue weighted by Gasteiger charge is 2.44. The molecule has 1 aliphatic heterocycles. The fourth-order valence-electron chi connectivity index (χ4n) is 4.61. The van der Waals surface area contributed by atoms with Gasteiger partial charge in [0.15, 0.2) is 0 Å². The lowest BCUT2D eigenvalue weighted by Gasteiger charge is -2.35. The van der Waals surface area contributed by atoms with Crippen LogP contribution in [0.3, 0.4) is 0 Å². The Morgan fingerprint density at radius 2 is 1.75 bits per heavy atom. The average molecular weight is 559 g/mol. The first kappa shape index (κ1) is 32.7. The molecule has 1 heterocycles. The SMILES string of the molecule is CCOC(=O)CCCCCC(=O)NC(C(=O)N1C[C@H](O)C[C@H]1C(=O)N[C@@H](CO)c1ccc(C#N)cc1)C(C)(C)C. The standard InChI is InChI=1S/C29H42N4O7/c1-5-40-25(37)10-8-6-7-9-24(36)32-26(29(2,3)4)28(39)33-17-21(35)15-23(33)27(38)31-22(18-34)20-13-11-19(16-30)12-14-20/h11-14,21-23,26,34-35H,5-10,15,17-18H2,1-4H3,(H,31,38)(H,32,36)/t21-,22+,23+,26?/m1/s1. The molecule has 220 valence electrons. The molecule has 4 atom stereocenters. The van der Waals surface area contributed by atoms with Crippen LogP contribution >= 0.6 is 0 Å². The number of carbonyl (C=O) groups is 4. The second kappa shape index (κ2) is 15.3. The van der Waals surface area contributed by atoms with E-state index < -0.39 is 48.1 Å². The Morgan fingerprint density at radius 3 is 2.33 bits per heavy atom. The highest BCUT2D eigenvalue weighted by molar-refractivity contribution is 5.93. The Bertz CT molecular complexity index is 1060. The molecule has 1 unspecified atom stereocenters. The monoisotopic (exact) mass is 558 g/mol. The lowest BCUT2D eigenvalue weighted by Crippen LogP contribution is -2.58. The number of nitriles is 1. The molecule has 2 rings (SSSR count). The van der Waals surface area contributed by atoms with Gasteiger partial charge in [-0.3, -0.25) is 19.2 Å². The number of rotatable bonds is 13. The number of benzene rings is 1. The molecule has 1 saturated heterocycles. The molecule has 0 saturated carbocycles. The molecule has 0 aromatic heterocycles. The zero-order chi connectivity index (χ0) is 29.9. The van der Waals surface area contributed by atoms with Crippen LogP contribution in [0.4, 0.5) is 0 Å². The van der Waals surface area contributed by atoms with Crippen molar-refractivity contribution in [1.29, 1.82) is 5.26 Å². The summed E-state index contributed by atoms with van der Waals surface area (Å²) in [5.41, 5.74) is 0.351. The molecule has 1 fully saturated rings. The molecule has 3 amide bonds. The van der Waals surface area contributed by atoms with Crippen molar-refractivity contribution >= 4 is 23.7 Å². The van der Waals surface area contributed by atoms with Crippen LogP contribution in [0.25, 0.3) is 0 Å². The number of ether oxygens (including phenoxy) is 1. The van der Waals surface area contributed by atoms with E-state index in [1.54, 1.807) is 31.2 Å². The second-order valence-electron chi connectivity index (χ2n) is 11.1. The lowest BCUT2D eigenvalue weighted by atomic mass is 9.85. The number of nitrogens with one attached hydrogen (secondary N) is 2. The van der Waals surface area contributed by atoms with E-state index in [4.69, 9.17) is 10.00 Å². The van der Waals surface area contributed by atoms with Gasteiger partial charge in [-0.15, -0.1) is 0 Å². The van der Waals surface area contributed by atoms with E-state index in [0.29, 0.717) is 43.4 Å². The van der Waals surface area contributed by atoms with Crippen LogP contribution in [0.15, 0.2) is 24.3 Å². The Labute approximate surface area is 235 Å². The number of β-amino-alcohol motifs (C(OH)–C–C–N with tert-alkyl or cyclic N) is 1. The molecule has 1 aliphatic rings. The van der Waals surface area contributed by atoms with Crippen LogP contribution in [0, 0.1) is 16.7 Å². The summed E-state index contributed by atoms with van der Waals surface area (Å²) in [5, 5.41) is 34.8. The first-order chi connectivity index (χ1) is 18.9. The summed E-state index contributed by atoms with van der Waals surface area (Å²) >= 11 is 0. The fraction of sp³-hybridized carbons (Fsp3) is 0.621. The maximum Gasteiger partial charge on any atom is 0.305 e. The van der Waals surface area contributed by atoms with Gasteiger partial charge >= 0.3 is 5.97 Å². The molecule has 40 heavy (non-hydrogen) atoms. The number of hydrogen-bond acceptors (Lipinski definition) is 8. The molecule has 0 bridgehead atoms. The minimum atomic E-state index is -0.987. The highest BCUT2D eigenvalue weighted by Crippen LogP contribution is 2.27. The summed E-state index contributed by atoms with van der Waals surface area (Å²) < 4.78 is 4.90. The van der Waals surface area contributed by atoms with Gasteiger partial charge in [0.1, 0.15) is 12.1 Å². The van der Waals surface area contributed by atoms with Gasteiger partial charge < -0.3 is 30.5 Å². The quantitative estimate of drug-likeness (QED) is 0.209. The molecule has 1 aromatic carbocycles. The Hall–Kier alpha value is -3.49. The van der Waals surface area contributed by atoms with Crippen LogP contribution < -0.4 is 10.6 Å². The van der Waals surface area contributed by atoms with Crippen molar-refractivity contribution in [2.24, 2.45) is 5.41 Å². The number of hydrogen-bond donors (Lipinski definition) is 4. The highest BCUT2D eigenvalue weighted by atomic mass is 16.5. The third kappa shape index (κ3) is 9.61. The zero-order valence-corrected chi connectivity index (χ0v) is 23.8. The molecule has 11 heteroatoms. The number of nitrogens with zero attached hydrogens (tertiary/aromatic N) is 2. The molecule has 0 radical (unpaired) electrons. The van der Waals surface area contributed by atoms with Gasteiger partial charge in [0.25, 0.3) is 0 Å². The summed E-state index contributed by atoms with van der Waals surface area (Å²) in [5.74, 6) is -1.59. The van der Waals surface area contributed by atoms with Gasteiger partial charge in [-0.25, -0.2) is 0 Å². The van der Waals surface area contributed by atoms with Crippen LogP contribution in [0.5, 0.6) is 0 Å². The topological polar surface area (TPSA) is 169 Å². The summed E-state index contributed by atoms with van der Waals surface area (Å²) in [6, 6.07) is 5.75. The first-order valence-electron chi connectivity index (χ1n) is 13.8. The number of aliphatic hydroxyl groups is 2. The smallest absolute Gasteiger partial charge is 0.305 e. The maximum absolute atomic E-state index is 13.7. The average Bonchev–Trinajstić information content (AvgIpc) is 3.31. The third-order valence-electron chi connectivity index (χ3n) is 6.81. The third-order valence-corrected chi connectivity index (χ3v) is 6.81. The number of esters is 1. The summed E-state index contributed by atoms with van der Waals surface area (Å²) in [4.78, 5) is 52.4.